The molecule has 1 aliphatic heterocycles. The molecule has 1 aromatic heterocycles. The average molecular weight is 315 g/mol. The van der Waals surface area contributed by atoms with Gasteiger partial charge in [0.1, 0.15) is 5.82 Å². The molecule has 0 spiro atoms. The third-order valence-corrected chi connectivity index (χ3v) is 5.16. The molecule has 4 atom stereocenters. The van der Waals surface area contributed by atoms with E-state index < -0.39 is 0 Å². The van der Waals surface area contributed by atoms with Crippen molar-refractivity contribution in [3.05, 3.63) is 46.7 Å². The summed E-state index contributed by atoms with van der Waals surface area (Å²) in [6.07, 6.45) is 5.67. The first-order chi connectivity index (χ1) is 10.5. The second-order valence-electron chi connectivity index (χ2n) is 6.29. The Kier molecular flexibility index (Phi) is 2.82. The van der Waals surface area contributed by atoms with E-state index in [2.05, 4.69) is 31.0 Å². The van der Waals surface area contributed by atoms with Crippen LogP contribution in [0.4, 0.5) is 5.82 Å². The zero-order valence-electron chi connectivity index (χ0n) is 12.3. The minimum Gasteiger partial charge on any atom is -0.274 e. The molecule has 3 aliphatic rings. The summed E-state index contributed by atoms with van der Waals surface area (Å²) < 4.78 is 0. The number of hydrogen-bond acceptors (Lipinski definition) is 3. The second kappa shape index (κ2) is 4.53. The highest BCUT2D eigenvalue weighted by Crippen LogP contribution is 2.57. The highest BCUT2D eigenvalue weighted by molar-refractivity contribution is 6.31. The molecule has 1 aromatic rings. The lowest BCUT2D eigenvalue weighted by Gasteiger charge is -2.18. The molecule has 112 valence electrons. The summed E-state index contributed by atoms with van der Waals surface area (Å²) in [6.45, 7) is 4.10. The van der Waals surface area contributed by atoms with E-state index in [1.807, 2.05) is 0 Å². The lowest BCUT2D eigenvalue weighted by molar-refractivity contribution is -0.123. The van der Waals surface area contributed by atoms with E-state index in [0.717, 1.165) is 0 Å². The first kappa shape index (κ1) is 13.7. The molecule has 2 fully saturated rings. The maximum absolute atomic E-state index is 12.8. The Morgan fingerprint density at radius 1 is 1.14 bits per heavy atom. The molecule has 0 unspecified atom stereocenters. The highest BCUT2D eigenvalue weighted by Gasteiger charge is 2.62. The fraction of sp³-hybridized carbons (Fsp3) is 0.353. The van der Waals surface area contributed by atoms with Crippen LogP contribution in [0.2, 0.25) is 5.02 Å². The van der Waals surface area contributed by atoms with Crippen molar-refractivity contribution in [1.29, 1.82) is 0 Å². The number of carbonyl (C=O) groups is 2. The van der Waals surface area contributed by atoms with Crippen molar-refractivity contribution in [2.75, 3.05) is 4.90 Å². The summed E-state index contributed by atoms with van der Waals surface area (Å²) in [7, 11) is 0. The van der Waals surface area contributed by atoms with Crippen LogP contribution in [0.1, 0.15) is 13.8 Å². The Morgan fingerprint density at radius 3 is 2.23 bits per heavy atom. The Morgan fingerprint density at radius 2 is 1.73 bits per heavy atom. The molecule has 5 heteroatoms. The topological polar surface area (TPSA) is 50.3 Å². The van der Waals surface area contributed by atoms with Crippen LogP contribution < -0.4 is 4.90 Å². The van der Waals surface area contributed by atoms with Crippen molar-refractivity contribution >= 4 is 29.2 Å². The van der Waals surface area contributed by atoms with Crippen LogP contribution in [-0.2, 0) is 9.59 Å². The zero-order valence-corrected chi connectivity index (χ0v) is 13.0. The molecule has 2 amide bonds. The molecule has 2 aliphatic carbocycles. The molecule has 22 heavy (non-hydrogen) atoms. The van der Waals surface area contributed by atoms with Gasteiger partial charge in [0, 0.05) is 29.1 Å². The number of carbonyl (C=O) groups excluding carboxylic acids is 2. The van der Waals surface area contributed by atoms with Gasteiger partial charge in [-0.2, -0.15) is 0 Å². The predicted octanol–water partition coefficient (Wildman–Crippen LogP) is 2.99. The van der Waals surface area contributed by atoms with Gasteiger partial charge in [0.15, 0.2) is 0 Å². The third-order valence-electron chi connectivity index (χ3n) is 4.93. The number of amides is 2. The number of aromatic nitrogens is 1. The maximum Gasteiger partial charge on any atom is 0.239 e. The van der Waals surface area contributed by atoms with E-state index in [4.69, 9.17) is 11.6 Å². The summed E-state index contributed by atoms with van der Waals surface area (Å²) in [6, 6.07) is 3.19. The smallest absolute Gasteiger partial charge is 0.239 e. The zero-order chi connectivity index (χ0) is 15.6. The number of pyridine rings is 1. The monoisotopic (exact) mass is 314 g/mol. The summed E-state index contributed by atoms with van der Waals surface area (Å²) >= 11 is 5.96. The van der Waals surface area contributed by atoms with Crippen molar-refractivity contribution < 1.29 is 9.59 Å². The van der Waals surface area contributed by atoms with Gasteiger partial charge >= 0.3 is 0 Å². The van der Waals surface area contributed by atoms with Gasteiger partial charge in [0.05, 0.1) is 11.8 Å². The standard InChI is InChI=1S/C17H15ClN2O2/c1-8(2)13-10-3-4-11(13)15-14(10)16(21)20(17(15)22)12-7-9(18)5-6-19-12/h3-7,10-11,14-15H,1-2H3/t10-,11+,14-,15-/m1/s1. The first-order valence-corrected chi connectivity index (χ1v) is 7.73. The average Bonchev–Trinajstić information content (AvgIpc) is 3.09. The van der Waals surface area contributed by atoms with E-state index in [-0.39, 0.29) is 35.5 Å². The van der Waals surface area contributed by atoms with Gasteiger partial charge in [0.25, 0.3) is 0 Å². The highest BCUT2D eigenvalue weighted by atomic mass is 35.5. The molecule has 0 radical (unpaired) electrons. The van der Waals surface area contributed by atoms with Crippen molar-refractivity contribution in [3.8, 4) is 0 Å². The summed E-state index contributed by atoms with van der Waals surface area (Å²) in [5, 5.41) is 0.466. The van der Waals surface area contributed by atoms with Crippen molar-refractivity contribution in [2.24, 2.45) is 23.7 Å². The Hall–Kier alpha value is -1.94. The number of imide groups is 1. The van der Waals surface area contributed by atoms with Crippen LogP contribution in [0.5, 0.6) is 0 Å². The van der Waals surface area contributed by atoms with Crippen molar-refractivity contribution in [2.45, 2.75) is 13.8 Å². The molecule has 0 aromatic carbocycles. The van der Waals surface area contributed by atoms with Crippen LogP contribution >= 0.6 is 11.6 Å². The number of fused-ring (bicyclic) bond motifs is 5. The summed E-state index contributed by atoms with van der Waals surface area (Å²) in [4.78, 5) is 31.0. The first-order valence-electron chi connectivity index (χ1n) is 7.35. The summed E-state index contributed by atoms with van der Waals surface area (Å²) in [5.74, 6) is -0.432. The molecule has 4 rings (SSSR count). The van der Waals surface area contributed by atoms with Crippen molar-refractivity contribution in [3.63, 3.8) is 0 Å². The number of allylic oxidation sites excluding steroid dienone is 4. The van der Waals surface area contributed by atoms with Crippen LogP contribution in [-0.4, -0.2) is 16.8 Å². The van der Waals surface area contributed by atoms with Gasteiger partial charge in [0.2, 0.25) is 11.8 Å². The Bertz CT molecular complexity index is 730. The predicted molar refractivity (Wildman–Crippen MR) is 83.2 cm³/mol. The molecule has 2 bridgehead atoms. The van der Waals surface area contributed by atoms with Gasteiger partial charge in [-0.1, -0.05) is 34.9 Å². The van der Waals surface area contributed by atoms with Crippen LogP contribution in [0, 0.1) is 23.7 Å². The Balaban J connectivity index is 1.78. The van der Waals surface area contributed by atoms with Gasteiger partial charge in [-0.25, -0.2) is 9.88 Å². The number of anilines is 1. The fourth-order valence-corrected chi connectivity index (χ4v) is 4.33. The van der Waals surface area contributed by atoms with E-state index >= 15 is 0 Å². The largest absolute Gasteiger partial charge is 0.274 e. The van der Waals surface area contributed by atoms with E-state index in [0.29, 0.717) is 10.8 Å². The third kappa shape index (κ3) is 1.61. The van der Waals surface area contributed by atoms with E-state index in [1.165, 1.54) is 22.2 Å². The number of rotatable bonds is 1. The number of nitrogens with zero attached hydrogens (tertiary/aromatic N) is 2. The minimum atomic E-state index is -0.284. The normalized spacial score (nSPS) is 32.1. The minimum absolute atomic E-state index is 0.0561. The molecular weight excluding hydrogens is 300 g/mol. The maximum atomic E-state index is 12.8. The quantitative estimate of drug-likeness (QED) is 0.591. The molecule has 1 saturated carbocycles. The second-order valence-corrected chi connectivity index (χ2v) is 6.72. The number of halogens is 1. The Labute approximate surface area is 133 Å². The van der Waals surface area contributed by atoms with Crippen molar-refractivity contribution in [1.82, 2.24) is 4.98 Å². The van der Waals surface area contributed by atoms with Crippen LogP contribution in [0.15, 0.2) is 41.6 Å². The van der Waals surface area contributed by atoms with Gasteiger partial charge in [-0.3, -0.25) is 9.59 Å². The lowest BCUT2D eigenvalue weighted by Crippen LogP contribution is -2.33. The van der Waals surface area contributed by atoms with Gasteiger partial charge in [-0.05, 0) is 19.9 Å². The molecule has 2 heterocycles. The van der Waals surface area contributed by atoms with Crippen LogP contribution in [0.3, 0.4) is 0 Å². The fourth-order valence-electron chi connectivity index (χ4n) is 4.17. The van der Waals surface area contributed by atoms with E-state index in [1.54, 1.807) is 12.1 Å². The van der Waals surface area contributed by atoms with Crippen LogP contribution in [0.25, 0.3) is 0 Å². The SMILES string of the molecule is CC(C)=C1[C@H]2C=C[C@@H]1[C@H]1C(=O)N(c3cc(Cl)ccn3)C(=O)[C@@H]12. The molecule has 0 N–H and O–H groups in total. The summed E-state index contributed by atoms with van der Waals surface area (Å²) in [5.41, 5.74) is 2.46. The molecule has 4 nitrogen and oxygen atoms in total. The van der Waals surface area contributed by atoms with E-state index in [9.17, 15) is 9.59 Å². The molecular formula is C17H15ClN2O2. The molecule has 1 saturated heterocycles. The number of hydrogen-bond donors (Lipinski definition) is 0. The van der Waals surface area contributed by atoms with Gasteiger partial charge in [-0.15, -0.1) is 0 Å². The lowest BCUT2D eigenvalue weighted by atomic mass is 9.85. The van der Waals surface area contributed by atoms with Gasteiger partial charge < -0.3 is 0 Å².